The van der Waals surface area contributed by atoms with Gasteiger partial charge in [0.05, 0.1) is 18.3 Å². The molecule has 0 aliphatic rings. The smallest absolute Gasteiger partial charge is 0.336 e. The zero-order chi connectivity index (χ0) is 32.2. The number of rotatable bonds is 24. The van der Waals surface area contributed by atoms with E-state index >= 15 is 0 Å². The lowest BCUT2D eigenvalue weighted by molar-refractivity contribution is 0.0694. The van der Waals surface area contributed by atoms with Crippen molar-refractivity contribution >= 4 is 17.8 Å². The number of ketones is 1. The highest BCUT2D eigenvalue weighted by Gasteiger charge is 2.19. The maximum Gasteiger partial charge on any atom is 0.336 e. The van der Waals surface area contributed by atoms with Crippen molar-refractivity contribution in [3.8, 4) is 11.5 Å². The molecule has 0 aliphatic heterocycles. The lowest BCUT2D eigenvalue weighted by atomic mass is 9.97. The van der Waals surface area contributed by atoms with E-state index in [1.807, 2.05) is 26.0 Å². The Labute approximate surface area is 267 Å². The first kappa shape index (κ1) is 37.1. The van der Waals surface area contributed by atoms with E-state index in [1.54, 1.807) is 38.1 Å². The molecular formula is C39H58O5. The Morgan fingerprint density at radius 3 is 1.75 bits per heavy atom. The second kappa shape index (κ2) is 21.6. The van der Waals surface area contributed by atoms with Gasteiger partial charge in [0.1, 0.15) is 11.5 Å². The van der Waals surface area contributed by atoms with Crippen LogP contribution in [0.2, 0.25) is 0 Å². The van der Waals surface area contributed by atoms with E-state index in [9.17, 15) is 14.7 Å². The minimum atomic E-state index is -0.989. The fourth-order valence-corrected chi connectivity index (χ4v) is 5.66. The first-order chi connectivity index (χ1) is 21.2. The first-order valence-corrected chi connectivity index (χ1v) is 17.2. The van der Waals surface area contributed by atoms with Gasteiger partial charge in [0.25, 0.3) is 0 Å². The lowest BCUT2D eigenvalue weighted by Crippen LogP contribution is -2.12. The molecule has 0 unspecified atom stereocenters. The third-order valence-electron chi connectivity index (χ3n) is 8.13. The molecule has 0 spiro atoms. The molecule has 2 rings (SSSR count). The van der Waals surface area contributed by atoms with E-state index in [0.29, 0.717) is 34.6 Å². The molecular weight excluding hydrogens is 548 g/mol. The molecule has 5 nitrogen and oxygen atoms in total. The van der Waals surface area contributed by atoms with E-state index in [1.165, 1.54) is 102 Å². The second-order valence-electron chi connectivity index (χ2n) is 12.5. The van der Waals surface area contributed by atoms with E-state index in [2.05, 4.69) is 6.92 Å². The highest BCUT2D eigenvalue weighted by molar-refractivity contribution is 6.07. The Hall–Kier alpha value is -3.08. The third-order valence-corrected chi connectivity index (χ3v) is 8.13. The fraction of sp³-hybridized carbons (Fsp3) is 0.590. The molecule has 0 fully saturated rings. The molecule has 0 atom stereocenters. The van der Waals surface area contributed by atoms with Crippen molar-refractivity contribution in [2.45, 2.75) is 143 Å². The van der Waals surface area contributed by atoms with Crippen LogP contribution in [-0.4, -0.2) is 29.6 Å². The van der Waals surface area contributed by atoms with E-state index in [-0.39, 0.29) is 17.5 Å². The summed E-state index contributed by atoms with van der Waals surface area (Å²) in [5.41, 5.74) is 2.68. The number of ether oxygens (including phenoxy) is 2. The van der Waals surface area contributed by atoms with Crippen LogP contribution in [-0.2, 0) is 0 Å². The Bertz CT molecular complexity index is 1150. The van der Waals surface area contributed by atoms with Gasteiger partial charge in [-0.1, -0.05) is 103 Å². The molecule has 2 aromatic rings. The van der Waals surface area contributed by atoms with Gasteiger partial charge in [-0.05, 0) is 82.2 Å². The molecule has 0 aliphatic carbocycles. The quantitative estimate of drug-likeness (QED) is 0.0731. The number of allylic oxidation sites excluding steroid dienone is 1. The minimum Gasteiger partial charge on any atom is -0.494 e. The summed E-state index contributed by atoms with van der Waals surface area (Å²) in [6, 6.07) is 9.01. The summed E-state index contributed by atoms with van der Waals surface area (Å²) < 4.78 is 11.8. The maximum absolute atomic E-state index is 12.9. The van der Waals surface area contributed by atoms with Crippen molar-refractivity contribution < 1.29 is 24.2 Å². The zero-order valence-electron chi connectivity index (χ0n) is 28.2. The van der Waals surface area contributed by atoms with Crippen molar-refractivity contribution in [2.24, 2.45) is 0 Å². The Morgan fingerprint density at radius 2 is 1.27 bits per heavy atom. The molecule has 0 aromatic heterocycles. The maximum atomic E-state index is 12.9. The summed E-state index contributed by atoms with van der Waals surface area (Å²) in [6.45, 7) is 10.2. The van der Waals surface area contributed by atoms with Crippen molar-refractivity contribution in [2.75, 3.05) is 6.61 Å². The molecule has 0 heterocycles. The van der Waals surface area contributed by atoms with Crippen LogP contribution in [0.1, 0.15) is 161 Å². The molecule has 0 bridgehead atoms. The average molecular weight is 607 g/mol. The standard InChI is InChI=1S/C39H58O5/c1-6-7-8-9-10-11-12-13-14-15-16-17-18-19-20-21-28-43-35-25-22-33(23-26-35)36(40)27-24-34-29-31(4)37(39(41)42)32(5)38(34)44-30(2)3/h22-27,29-30H,6-21,28H2,1-5H3,(H,41,42)/b27-24-. The predicted molar refractivity (Wildman–Crippen MR) is 183 cm³/mol. The van der Waals surface area contributed by atoms with Crippen molar-refractivity contribution in [3.05, 3.63) is 64.2 Å². The minimum absolute atomic E-state index is 0.132. The predicted octanol–water partition coefficient (Wildman–Crippen LogP) is 11.3. The van der Waals surface area contributed by atoms with Gasteiger partial charge < -0.3 is 14.6 Å². The molecule has 0 saturated carbocycles. The number of hydrogen-bond acceptors (Lipinski definition) is 4. The van der Waals surface area contributed by atoms with Gasteiger partial charge >= 0.3 is 5.97 Å². The number of hydrogen-bond donors (Lipinski definition) is 1. The molecule has 5 heteroatoms. The summed E-state index contributed by atoms with van der Waals surface area (Å²) in [6.07, 6.45) is 24.7. The van der Waals surface area contributed by atoms with Gasteiger partial charge in [0, 0.05) is 16.7 Å². The summed E-state index contributed by atoms with van der Waals surface area (Å²) in [5, 5.41) is 9.62. The highest BCUT2D eigenvalue weighted by atomic mass is 16.5. The van der Waals surface area contributed by atoms with Crippen LogP contribution >= 0.6 is 0 Å². The van der Waals surface area contributed by atoms with Gasteiger partial charge in [-0.2, -0.15) is 0 Å². The molecule has 2 aromatic carbocycles. The van der Waals surface area contributed by atoms with Crippen LogP contribution < -0.4 is 9.47 Å². The molecule has 44 heavy (non-hydrogen) atoms. The fourth-order valence-electron chi connectivity index (χ4n) is 5.66. The van der Waals surface area contributed by atoms with Crippen molar-refractivity contribution in [3.63, 3.8) is 0 Å². The number of benzene rings is 2. The van der Waals surface area contributed by atoms with Gasteiger partial charge in [0.15, 0.2) is 5.78 Å². The number of carboxylic acid groups (broad SMARTS) is 1. The number of carboxylic acids is 1. The number of carbonyl (C=O) groups is 2. The summed E-state index contributed by atoms with van der Waals surface area (Å²) in [4.78, 5) is 24.6. The summed E-state index contributed by atoms with van der Waals surface area (Å²) in [5.74, 6) is 0.138. The van der Waals surface area contributed by atoms with Gasteiger partial charge in [-0.25, -0.2) is 4.79 Å². The van der Waals surface area contributed by atoms with Crippen LogP contribution in [0, 0.1) is 13.8 Å². The number of aryl methyl sites for hydroxylation is 1. The van der Waals surface area contributed by atoms with Crippen LogP contribution in [0.15, 0.2) is 36.4 Å². The molecule has 1 N–H and O–H groups in total. The zero-order valence-corrected chi connectivity index (χ0v) is 28.2. The summed E-state index contributed by atoms with van der Waals surface area (Å²) in [7, 11) is 0. The van der Waals surface area contributed by atoms with Crippen LogP contribution in [0.25, 0.3) is 6.08 Å². The normalized spacial score (nSPS) is 11.4. The van der Waals surface area contributed by atoms with Gasteiger partial charge in [0.2, 0.25) is 0 Å². The Balaban J connectivity index is 1.65. The number of unbranched alkanes of at least 4 members (excludes halogenated alkanes) is 15. The largest absolute Gasteiger partial charge is 0.494 e. The van der Waals surface area contributed by atoms with Crippen LogP contribution in [0.4, 0.5) is 0 Å². The van der Waals surface area contributed by atoms with E-state index in [0.717, 1.165) is 12.2 Å². The van der Waals surface area contributed by atoms with Gasteiger partial charge in [-0.3, -0.25) is 4.79 Å². The molecule has 244 valence electrons. The van der Waals surface area contributed by atoms with E-state index in [4.69, 9.17) is 9.47 Å². The SMILES string of the molecule is CCCCCCCCCCCCCCCCCCOc1ccc(C(=O)/C=C\c2cc(C)c(C(=O)O)c(C)c2OC(C)C)cc1. The molecule has 0 saturated heterocycles. The number of carbonyl (C=O) groups excluding carboxylic acids is 1. The molecule has 0 radical (unpaired) electrons. The van der Waals surface area contributed by atoms with Crippen LogP contribution in [0.3, 0.4) is 0 Å². The topological polar surface area (TPSA) is 72.8 Å². The average Bonchev–Trinajstić information content (AvgIpc) is 2.99. The monoisotopic (exact) mass is 606 g/mol. The first-order valence-electron chi connectivity index (χ1n) is 17.2. The van der Waals surface area contributed by atoms with Crippen molar-refractivity contribution in [1.82, 2.24) is 0 Å². The van der Waals surface area contributed by atoms with E-state index < -0.39 is 5.97 Å². The lowest BCUT2D eigenvalue weighted by Gasteiger charge is -2.18. The third kappa shape index (κ3) is 14.1. The number of aromatic carboxylic acids is 1. The Morgan fingerprint density at radius 1 is 0.773 bits per heavy atom. The second-order valence-corrected chi connectivity index (χ2v) is 12.5. The Kier molecular flexibility index (Phi) is 18.2. The summed E-state index contributed by atoms with van der Waals surface area (Å²) >= 11 is 0. The highest BCUT2D eigenvalue weighted by Crippen LogP contribution is 2.32. The van der Waals surface area contributed by atoms with Crippen molar-refractivity contribution in [1.29, 1.82) is 0 Å². The van der Waals surface area contributed by atoms with Crippen LogP contribution in [0.5, 0.6) is 11.5 Å². The molecule has 0 amide bonds. The van der Waals surface area contributed by atoms with Gasteiger partial charge in [-0.15, -0.1) is 0 Å².